The van der Waals surface area contributed by atoms with Gasteiger partial charge in [0.05, 0.1) is 0 Å². The Morgan fingerprint density at radius 3 is 0.850 bits per heavy atom. The van der Waals surface area contributed by atoms with Crippen molar-refractivity contribution in [3.63, 3.8) is 0 Å². The summed E-state index contributed by atoms with van der Waals surface area (Å²) in [5, 5.41) is 0. The monoisotopic (exact) mass is 280 g/mol. The molecule has 0 bridgehead atoms. The van der Waals surface area contributed by atoms with Crippen LogP contribution in [0.5, 0.6) is 0 Å². The van der Waals surface area contributed by atoms with Gasteiger partial charge in [0.25, 0.3) is 0 Å². The number of halogens is 4. The number of hydrogen-bond donors (Lipinski definition) is 0. The van der Waals surface area contributed by atoms with Crippen LogP contribution in [0.1, 0.15) is 46.9 Å². The summed E-state index contributed by atoms with van der Waals surface area (Å²) in [5.74, 6) is 0. The fourth-order valence-corrected chi connectivity index (χ4v) is 2.66. The maximum absolute atomic E-state index is 14.3. The molecule has 104 valence electrons. The highest BCUT2D eigenvalue weighted by Crippen LogP contribution is 2.48. The SMILES string of the molecule is F[C@H]1c2ccccc2[C@H](F)[C@@H](F)c2ccccc2[C@@H]1F. The molecule has 0 aliphatic heterocycles. The zero-order chi connectivity index (χ0) is 14.3. The summed E-state index contributed by atoms with van der Waals surface area (Å²) in [6.45, 7) is 0. The Kier molecular flexibility index (Phi) is 3.24. The molecular formula is C16H12F4. The molecule has 2 aromatic carbocycles. The van der Waals surface area contributed by atoms with Crippen LogP contribution in [0.4, 0.5) is 17.6 Å². The van der Waals surface area contributed by atoms with Gasteiger partial charge in [0, 0.05) is 0 Å². The Morgan fingerprint density at radius 2 is 0.650 bits per heavy atom. The average Bonchev–Trinajstić information content (AvgIpc) is 2.51. The van der Waals surface area contributed by atoms with Gasteiger partial charge in [-0.15, -0.1) is 0 Å². The van der Waals surface area contributed by atoms with E-state index in [2.05, 4.69) is 0 Å². The number of hydrogen-bond acceptors (Lipinski definition) is 0. The van der Waals surface area contributed by atoms with Crippen molar-refractivity contribution in [2.75, 3.05) is 0 Å². The van der Waals surface area contributed by atoms with Crippen LogP contribution < -0.4 is 0 Å². The van der Waals surface area contributed by atoms with Gasteiger partial charge < -0.3 is 0 Å². The molecule has 0 spiro atoms. The van der Waals surface area contributed by atoms with Crippen LogP contribution in [0.25, 0.3) is 0 Å². The first kappa shape index (κ1) is 13.2. The number of fused-ring (bicyclic) bond motifs is 2. The number of benzene rings is 2. The molecule has 4 heteroatoms. The summed E-state index contributed by atoms with van der Waals surface area (Å²) >= 11 is 0. The quantitative estimate of drug-likeness (QED) is 0.563. The Balaban J connectivity index is 2.22. The van der Waals surface area contributed by atoms with Crippen LogP contribution in [0, 0.1) is 0 Å². The lowest BCUT2D eigenvalue weighted by atomic mass is 9.85. The number of rotatable bonds is 0. The van der Waals surface area contributed by atoms with Crippen molar-refractivity contribution in [1.82, 2.24) is 0 Å². The lowest BCUT2D eigenvalue weighted by Crippen LogP contribution is -2.16. The van der Waals surface area contributed by atoms with Crippen LogP contribution in [-0.4, -0.2) is 0 Å². The highest BCUT2D eigenvalue weighted by molar-refractivity contribution is 5.41. The van der Waals surface area contributed by atoms with E-state index in [1.807, 2.05) is 0 Å². The Bertz CT molecular complexity index is 516. The predicted octanol–water partition coefficient (Wildman–Crippen LogP) is 5.44. The van der Waals surface area contributed by atoms with E-state index >= 15 is 0 Å². The van der Waals surface area contributed by atoms with E-state index in [4.69, 9.17) is 0 Å². The molecule has 4 atom stereocenters. The third-order valence-electron chi connectivity index (χ3n) is 3.69. The van der Waals surface area contributed by atoms with Crippen molar-refractivity contribution in [3.8, 4) is 0 Å². The standard InChI is InChI=1S/C16H12F4/c17-13-9-5-1-2-6-10(9)14(18)16(20)12-8-4-3-7-11(12)15(13)19/h1-8,13-16H/t13-,14-,15-,16-/m0/s1. The molecule has 0 aromatic heterocycles. The summed E-state index contributed by atoms with van der Waals surface area (Å²) in [4.78, 5) is 0. The third kappa shape index (κ3) is 1.90. The van der Waals surface area contributed by atoms with Crippen LogP contribution in [-0.2, 0) is 0 Å². The molecule has 0 saturated carbocycles. The molecule has 0 N–H and O–H groups in total. The van der Waals surface area contributed by atoms with Crippen LogP contribution in [0.2, 0.25) is 0 Å². The predicted molar refractivity (Wildman–Crippen MR) is 68.3 cm³/mol. The van der Waals surface area contributed by atoms with Gasteiger partial charge in [0.15, 0.2) is 24.7 Å². The first-order valence-corrected chi connectivity index (χ1v) is 6.35. The van der Waals surface area contributed by atoms with E-state index in [0.717, 1.165) is 0 Å². The molecule has 0 heterocycles. The second kappa shape index (κ2) is 4.93. The molecule has 0 unspecified atom stereocenters. The molecule has 0 amide bonds. The summed E-state index contributed by atoms with van der Waals surface area (Å²) in [5.41, 5.74) is -0.483. The normalized spacial score (nSPS) is 29.0. The van der Waals surface area contributed by atoms with E-state index in [1.165, 1.54) is 48.5 Å². The van der Waals surface area contributed by atoms with Crippen molar-refractivity contribution >= 4 is 0 Å². The maximum atomic E-state index is 14.3. The first-order valence-electron chi connectivity index (χ1n) is 6.35. The molecule has 1 aliphatic rings. The highest BCUT2D eigenvalue weighted by Gasteiger charge is 2.38. The second-order valence-corrected chi connectivity index (χ2v) is 4.86. The largest absolute Gasteiger partial charge is 0.239 e. The van der Waals surface area contributed by atoms with Gasteiger partial charge >= 0.3 is 0 Å². The van der Waals surface area contributed by atoms with Gasteiger partial charge in [0.1, 0.15) is 0 Å². The number of alkyl halides is 4. The molecule has 3 rings (SSSR count). The molecule has 1 aliphatic carbocycles. The fourth-order valence-electron chi connectivity index (χ4n) is 2.66. The minimum absolute atomic E-state index is 0.121. The fraction of sp³-hybridized carbons (Fsp3) is 0.250. The minimum atomic E-state index is -2.00. The van der Waals surface area contributed by atoms with Crippen LogP contribution in [0.3, 0.4) is 0 Å². The van der Waals surface area contributed by atoms with E-state index in [-0.39, 0.29) is 22.3 Å². The van der Waals surface area contributed by atoms with E-state index in [9.17, 15) is 17.6 Å². The van der Waals surface area contributed by atoms with Crippen molar-refractivity contribution in [2.45, 2.75) is 24.7 Å². The van der Waals surface area contributed by atoms with Gasteiger partial charge in [-0.2, -0.15) is 0 Å². The Morgan fingerprint density at radius 1 is 0.450 bits per heavy atom. The summed E-state index contributed by atoms with van der Waals surface area (Å²) in [6.07, 6.45) is -8.01. The van der Waals surface area contributed by atoms with E-state index in [1.54, 1.807) is 0 Å². The zero-order valence-corrected chi connectivity index (χ0v) is 10.4. The van der Waals surface area contributed by atoms with Gasteiger partial charge in [-0.05, 0) is 22.3 Å². The molecule has 0 radical (unpaired) electrons. The van der Waals surface area contributed by atoms with Gasteiger partial charge in [0.2, 0.25) is 0 Å². The summed E-state index contributed by atoms with van der Waals surface area (Å²) in [6, 6.07) is 11.2. The third-order valence-corrected chi connectivity index (χ3v) is 3.69. The molecule has 0 saturated heterocycles. The molecule has 0 fully saturated rings. The van der Waals surface area contributed by atoms with Gasteiger partial charge in [-0.25, -0.2) is 17.6 Å². The van der Waals surface area contributed by atoms with Gasteiger partial charge in [-0.1, -0.05) is 48.5 Å². The average molecular weight is 280 g/mol. The second-order valence-electron chi connectivity index (χ2n) is 4.86. The van der Waals surface area contributed by atoms with Crippen molar-refractivity contribution in [2.24, 2.45) is 0 Å². The Hall–Kier alpha value is -1.84. The first-order chi connectivity index (χ1) is 9.61. The summed E-state index contributed by atoms with van der Waals surface area (Å²) in [7, 11) is 0. The van der Waals surface area contributed by atoms with E-state index < -0.39 is 24.7 Å². The van der Waals surface area contributed by atoms with E-state index in [0.29, 0.717) is 0 Å². The highest BCUT2D eigenvalue weighted by atomic mass is 19.2. The lowest BCUT2D eigenvalue weighted by Gasteiger charge is -2.27. The molecule has 20 heavy (non-hydrogen) atoms. The maximum Gasteiger partial charge on any atom is 0.161 e. The van der Waals surface area contributed by atoms with Crippen LogP contribution in [0.15, 0.2) is 48.5 Å². The summed E-state index contributed by atoms with van der Waals surface area (Å²) < 4.78 is 57.3. The van der Waals surface area contributed by atoms with Gasteiger partial charge in [-0.3, -0.25) is 0 Å². The zero-order valence-electron chi connectivity index (χ0n) is 10.4. The smallest absolute Gasteiger partial charge is 0.161 e. The molecule has 0 nitrogen and oxygen atoms in total. The van der Waals surface area contributed by atoms with Crippen molar-refractivity contribution < 1.29 is 17.6 Å². The lowest BCUT2D eigenvalue weighted by molar-refractivity contribution is 0.131. The minimum Gasteiger partial charge on any atom is -0.239 e. The van der Waals surface area contributed by atoms with Crippen molar-refractivity contribution in [3.05, 3.63) is 70.8 Å². The van der Waals surface area contributed by atoms with Crippen LogP contribution >= 0.6 is 0 Å². The topological polar surface area (TPSA) is 0 Å². The molecular weight excluding hydrogens is 268 g/mol. The Labute approximate surface area is 114 Å². The van der Waals surface area contributed by atoms with Crippen molar-refractivity contribution in [1.29, 1.82) is 0 Å². The molecule has 2 aromatic rings.